The number of nitrogens with one attached hydrogen (secondary N) is 1. The maximum atomic E-state index is 13.5. The molecule has 0 aliphatic carbocycles. The molecule has 0 radical (unpaired) electrons. The number of hydrogen-bond acceptors (Lipinski definition) is 6. The Morgan fingerprint density at radius 2 is 2.19 bits per heavy atom. The van der Waals surface area contributed by atoms with E-state index in [1.807, 2.05) is 0 Å². The third kappa shape index (κ3) is 2.27. The Labute approximate surface area is 94.5 Å². The van der Waals surface area contributed by atoms with Gasteiger partial charge < -0.3 is 4.90 Å². The molecule has 6 nitrogen and oxygen atoms in total. The fraction of sp³-hybridized carbons (Fsp3) is 0.500. The molecule has 0 saturated carbocycles. The molecule has 0 bridgehead atoms. The van der Waals surface area contributed by atoms with E-state index >= 15 is 0 Å². The van der Waals surface area contributed by atoms with Gasteiger partial charge in [-0.3, -0.25) is 9.63 Å². The molecule has 0 atom stereocenters. The second-order valence-electron chi connectivity index (χ2n) is 3.34. The van der Waals surface area contributed by atoms with Crippen molar-refractivity contribution in [2.45, 2.75) is 0 Å². The first-order chi connectivity index (χ1) is 7.70. The van der Waals surface area contributed by atoms with Crippen LogP contribution in [0.3, 0.4) is 0 Å². The van der Waals surface area contributed by atoms with Gasteiger partial charge in [0.1, 0.15) is 0 Å². The van der Waals surface area contributed by atoms with Gasteiger partial charge in [0.15, 0.2) is 11.6 Å². The van der Waals surface area contributed by atoms with Gasteiger partial charge in [0, 0.05) is 35.4 Å². The fourth-order valence-corrected chi connectivity index (χ4v) is 2.55. The number of anilines is 2. The molecule has 8 heteroatoms. The van der Waals surface area contributed by atoms with E-state index in [1.165, 1.54) is 0 Å². The topological polar surface area (TPSA) is 84.1 Å². The van der Waals surface area contributed by atoms with Crippen molar-refractivity contribution in [2.75, 3.05) is 34.9 Å². The molecule has 1 fully saturated rings. The number of rotatable bonds is 2. The van der Waals surface area contributed by atoms with E-state index in [0.29, 0.717) is 24.6 Å². The zero-order valence-electron chi connectivity index (χ0n) is 8.52. The maximum absolute atomic E-state index is 13.5. The Bertz CT molecular complexity index is 405. The van der Waals surface area contributed by atoms with Gasteiger partial charge in [-0.2, -0.15) is 4.98 Å². The molecule has 1 aromatic heterocycles. The Kier molecular flexibility index (Phi) is 3.30. The minimum atomic E-state index is -0.796. The van der Waals surface area contributed by atoms with E-state index < -0.39 is 16.6 Å². The highest BCUT2D eigenvalue weighted by molar-refractivity contribution is 7.85. The van der Waals surface area contributed by atoms with E-state index in [1.54, 1.807) is 4.90 Å². The monoisotopic (exact) mass is 245 g/mol. The molecular formula is C8H12FN5OS. The lowest BCUT2D eigenvalue weighted by atomic mass is 10.4. The highest BCUT2D eigenvalue weighted by Gasteiger charge is 2.20. The first-order valence-corrected chi connectivity index (χ1v) is 6.28. The van der Waals surface area contributed by atoms with Crippen molar-refractivity contribution < 1.29 is 8.60 Å². The minimum absolute atomic E-state index is 0.170. The van der Waals surface area contributed by atoms with Crippen molar-refractivity contribution in [1.82, 2.24) is 9.97 Å². The Hall–Kier alpha value is -1.28. The molecule has 1 saturated heterocycles. The summed E-state index contributed by atoms with van der Waals surface area (Å²) in [5, 5.41) is 0. The average molecular weight is 245 g/mol. The number of nitrogens with two attached hydrogens (primary N) is 1. The van der Waals surface area contributed by atoms with Crippen LogP contribution in [0.2, 0.25) is 0 Å². The van der Waals surface area contributed by atoms with Gasteiger partial charge in [0.2, 0.25) is 5.95 Å². The SMILES string of the molecule is NNc1ncc(F)c(N2CCS(=O)CC2)n1. The summed E-state index contributed by atoms with van der Waals surface area (Å²) in [6, 6.07) is 0. The maximum Gasteiger partial charge on any atom is 0.239 e. The lowest BCUT2D eigenvalue weighted by Gasteiger charge is -2.27. The number of nitrogens with zero attached hydrogens (tertiary/aromatic N) is 3. The van der Waals surface area contributed by atoms with Crippen molar-refractivity contribution in [1.29, 1.82) is 0 Å². The number of nitrogen functional groups attached to an aromatic ring is 1. The van der Waals surface area contributed by atoms with E-state index in [4.69, 9.17) is 5.84 Å². The predicted molar refractivity (Wildman–Crippen MR) is 59.9 cm³/mol. The van der Waals surface area contributed by atoms with Crippen molar-refractivity contribution >= 4 is 22.6 Å². The minimum Gasteiger partial charge on any atom is -0.352 e. The lowest BCUT2D eigenvalue weighted by molar-refractivity contribution is 0.602. The van der Waals surface area contributed by atoms with Gasteiger partial charge >= 0.3 is 0 Å². The first kappa shape index (κ1) is 11.2. The molecule has 0 spiro atoms. The summed E-state index contributed by atoms with van der Waals surface area (Å²) >= 11 is 0. The standard InChI is InChI=1S/C8H12FN5OS/c9-6-5-11-8(13-10)12-7(6)14-1-3-16(15)4-2-14/h5H,1-4,10H2,(H,11,12,13). The zero-order chi connectivity index (χ0) is 11.5. The van der Waals surface area contributed by atoms with Crippen LogP contribution in [0.5, 0.6) is 0 Å². The summed E-state index contributed by atoms with van der Waals surface area (Å²) in [5.74, 6) is 6.11. The van der Waals surface area contributed by atoms with Crippen LogP contribution in [0.4, 0.5) is 16.2 Å². The summed E-state index contributed by atoms with van der Waals surface area (Å²) < 4.78 is 24.7. The van der Waals surface area contributed by atoms with Crippen LogP contribution in [-0.2, 0) is 10.8 Å². The molecule has 88 valence electrons. The van der Waals surface area contributed by atoms with Crippen LogP contribution < -0.4 is 16.2 Å². The molecule has 1 aliphatic rings. The molecule has 2 rings (SSSR count). The lowest BCUT2D eigenvalue weighted by Crippen LogP contribution is -2.39. The number of hydrazine groups is 1. The van der Waals surface area contributed by atoms with Crippen LogP contribution in [0, 0.1) is 5.82 Å². The van der Waals surface area contributed by atoms with Crippen LogP contribution >= 0.6 is 0 Å². The number of aromatic nitrogens is 2. The van der Waals surface area contributed by atoms with E-state index in [9.17, 15) is 8.60 Å². The van der Waals surface area contributed by atoms with Crippen LogP contribution in [0.25, 0.3) is 0 Å². The molecule has 0 unspecified atom stereocenters. The second-order valence-corrected chi connectivity index (χ2v) is 5.04. The predicted octanol–water partition coefficient (Wildman–Crippen LogP) is -0.530. The largest absolute Gasteiger partial charge is 0.352 e. The van der Waals surface area contributed by atoms with E-state index in [2.05, 4.69) is 15.4 Å². The first-order valence-electron chi connectivity index (χ1n) is 4.80. The van der Waals surface area contributed by atoms with Gasteiger partial charge in [0.25, 0.3) is 0 Å². The molecule has 1 aromatic rings. The molecule has 0 aromatic carbocycles. The third-order valence-corrected chi connectivity index (χ3v) is 3.61. The summed E-state index contributed by atoms with van der Waals surface area (Å²) in [5.41, 5.74) is 2.27. The van der Waals surface area contributed by atoms with Crippen LogP contribution in [-0.4, -0.2) is 38.8 Å². The second kappa shape index (κ2) is 4.71. The van der Waals surface area contributed by atoms with Gasteiger partial charge in [-0.15, -0.1) is 0 Å². The molecule has 1 aliphatic heterocycles. The Morgan fingerprint density at radius 1 is 1.50 bits per heavy atom. The third-order valence-electron chi connectivity index (χ3n) is 2.33. The summed E-state index contributed by atoms with van der Waals surface area (Å²) in [6.45, 7) is 1.06. The van der Waals surface area contributed by atoms with E-state index in [0.717, 1.165) is 6.20 Å². The number of hydrogen-bond donors (Lipinski definition) is 2. The van der Waals surface area contributed by atoms with Crippen LogP contribution in [0.15, 0.2) is 6.20 Å². The molecule has 2 heterocycles. The number of halogens is 1. The van der Waals surface area contributed by atoms with Gasteiger partial charge in [-0.05, 0) is 0 Å². The van der Waals surface area contributed by atoms with Crippen molar-refractivity contribution in [3.8, 4) is 0 Å². The van der Waals surface area contributed by atoms with Gasteiger partial charge in [-0.25, -0.2) is 15.2 Å². The molecule has 3 N–H and O–H groups in total. The Balaban J connectivity index is 2.22. The summed E-state index contributed by atoms with van der Waals surface area (Å²) in [7, 11) is -0.796. The van der Waals surface area contributed by atoms with Crippen molar-refractivity contribution in [3.63, 3.8) is 0 Å². The highest BCUT2D eigenvalue weighted by Crippen LogP contribution is 2.18. The highest BCUT2D eigenvalue weighted by atomic mass is 32.2. The molecular weight excluding hydrogens is 233 g/mol. The average Bonchev–Trinajstić information content (AvgIpc) is 2.31. The van der Waals surface area contributed by atoms with Crippen molar-refractivity contribution in [2.24, 2.45) is 5.84 Å². The zero-order valence-corrected chi connectivity index (χ0v) is 9.34. The van der Waals surface area contributed by atoms with Gasteiger partial charge in [-0.1, -0.05) is 0 Å². The quantitative estimate of drug-likeness (QED) is 0.538. The Morgan fingerprint density at radius 3 is 2.81 bits per heavy atom. The smallest absolute Gasteiger partial charge is 0.239 e. The van der Waals surface area contributed by atoms with Crippen molar-refractivity contribution in [3.05, 3.63) is 12.0 Å². The fourth-order valence-electron chi connectivity index (χ4n) is 1.50. The summed E-state index contributed by atoms with van der Waals surface area (Å²) in [4.78, 5) is 9.35. The molecule has 0 amide bonds. The molecule has 16 heavy (non-hydrogen) atoms. The normalized spacial score (nSPS) is 17.5. The summed E-state index contributed by atoms with van der Waals surface area (Å²) in [6.07, 6.45) is 1.07. The van der Waals surface area contributed by atoms with E-state index in [-0.39, 0.29) is 11.8 Å². The van der Waals surface area contributed by atoms with Gasteiger partial charge in [0.05, 0.1) is 6.20 Å². The van der Waals surface area contributed by atoms with Crippen LogP contribution in [0.1, 0.15) is 0 Å².